The zero-order valence-electron chi connectivity index (χ0n) is 16.9. The summed E-state index contributed by atoms with van der Waals surface area (Å²) in [6, 6.07) is 5.54. The molecule has 0 saturated carbocycles. The third-order valence-corrected chi connectivity index (χ3v) is 7.86. The quantitative estimate of drug-likeness (QED) is 0.469. The van der Waals surface area contributed by atoms with Crippen LogP contribution in [0.5, 0.6) is 0 Å². The molecule has 0 aromatic heterocycles. The zero-order chi connectivity index (χ0) is 20.9. The van der Waals surface area contributed by atoms with Crippen molar-refractivity contribution in [2.24, 2.45) is 0 Å². The maximum Gasteiger partial charge on any atom is 0.316 e. The summed E-state index contributed by atoms with van der Waals surface area (Å²) < 4.78 is 28.7. The van der Waals surface area contributed by atoms with Gasteiger partial charge in [-0.3, -0.25) is 9.59 Å². The number of thioether (sulfide) groups is 1. The number of sulfone groups is 1. The fraction of sp³-hybridized carbons (Fsp3) is 0.600. The molecule has 0 radical (unpaired) electrons. The summed E-state index contributed by atoms with van der Waals surface area (Å²) in [4.78, 5) is 27.3. The molecule has 0 N–H and O–H groups in total. The van der Waals surface area contributed by atoms with E-state index in [-0.39, 0.29) is 41.9 Å². The first-order chi connectivity index (χ1) is 13.1. The van der Waals surface area contributed by atoms with Crippen LogP contribution in [0.1, 0.15) is 37.8 Å². The third kappa shape index (κ3) is 6.24. The molecule has 6 nitrogen and oxygen atoms in total. The molecule has 0 bridgehead atoms. The number of aryl methyl sites for hydroxylation is 2. The highest BCUT2D eigenvalue weighted by atomic mass is 32.2. The molecule has 0 unspecified atom stereocenters. The van der Waals surface area contributed by atoms with Crippen LogP contribution >= 0.6 is 11.8 Å². The van der Waals surface area contributed by atoms with Crippen molar-refractivity contribution in [2.75, 3.05) is 23.9 Å². The van der Waals surface area contributed by atoms with Crippen molar-refractivity contribution in [1.82, 2.24) is 4.90 Å². The summed E-state index contributed by atoms with van der Waals surface area (Å²) in [7, 11) is -3.10. The number of ether oxygens (including phenoxy) is 1. The van der Waals surface area contributed by atoms with Gasteiger partial charge in [0.2, 0.25) is 0 Å². The highest BCUT2D eigenvalue weighted by Crippen LogP contribution is 2.23. The highest BCUT2D eigenvalue weighted by Gasteiger charge is 2.36. The van der Waals surface area contributed by atoms with E-state index in [2.05, 4.69) is 0 Å². The minimum absolute atomic E-state index is 0.0142. The van der Waals surface area contributed by atoms with E-state index in [4.69, 9.17) is 4.74 Å². The number of carbonyl (C=O) groups is 2. The molecule has 8 heteroatoms. The summed E-state index contributed by atoms with van der Waals surface area (Å²) in [6.07, 6.45) is 1.15. The number of rotatable bonds is 8. The Morgan fingerprint density at radius 2 is 2.00 bits per heavy atom. The number of benzene rings is 1. The molecule has 1 aliphatic rings. The molecule has 28 heavy (non-hydrogen) atoms. The van der Waals surface area contributed by atoms with E-state index < -0.39 is 15.8 Å². The number of hydrogen-bond donors (Lipinski definition) is 0. The summed E-state index contributed by atoms with van der Waals surface area (Å²) in [5, 5.41) is 0. The zero-order valence-corrected chi connectivity index (χ0v) is 18.6. The number of amides is 1. The van der Waals surface area contributed by atoms with Crippen LogP contribution in [0.3, 0.4) is 0 Å². The molecule has 1 amide bonds. The first kappa shape index (κ1) is 22.7. The van der Waals surface area contributed by atoms with Gasteiger partial charge >= 0.3 is 5.97 Å². The van der Waals surface area contributed by atoms with Crippen LogP contribution in [-0.2, 0) is 24.2 Å². The predicted molar refractivity (Wildman–Crippen MR) is 111 cm³/mol. The predicted octanol–water partition coefficient (Wildman–Crippen LogP) is 2.75. The largest absolute Gasteiger partial charge is 0.455 e. The van der Waals surface area contributed by atoms with Crippen molar-refractivity contribution in [3.63, 3.8) is 0 Å². The van der Waals surface area contributed by atoms with Gasteiger partial charge in [-0.25, -0.2) is 8.42 Å². The molecule has 1 fully saturated rings. The molecule has 1 aromatic carbocycles. The Kier molecular flexibility index (Phi) is 7.95. The summed E-state index contributed by atoms with van der Waals surface area (Å²) >= 11 is 1.37. The van der Waals surface area contributed by atoms with Crippen LogP contribution < -0.4 is 0 Å². The topological polar surface area (TPSA) is 80.8 Å². The molecular weight excluding hydrogens is 398 g/mol. The average molecular weight is 428 g/mol. The minimum Gasteiger partial charge on any atom is -0.455 e. The number of nitrogens with zero attached hydrogens (tertiary/aromatic N) is 1. The SMILES string of the molecule is CC[C@@H](C)N(C(=O)COC(=O)CSc1ccc(C)c(C)c1)[C@@H]1CCS(=O)(=O)C1. The van der Waals surface area contributed by atoms with Gasteiger partial charge in [-0.2, -0.15) is 0 Å². The highest BCUT2D eigenvalue weighted by molar-refractivity contribution is 8.00. The molecule has 2 atom stereocenters. The molecule has 2 rings (SSSR count). The fourth-order valence-electron chi connectivity index (χ4n) is 3.21. The Bertz CT molecular complexity index is 822. The number of carbonyl (C=O) groups excluding carboxylic acids is 2. The molecular formula is C20H29NO5S2. The van der Waals surface area contributed by atoms with Crippen molar-refractivity contribution in [2.45, 2.75) is 57.5 Å². The monoisotopic (exact) mass is 427 g/mol. The molecule has 1 aromatic rings. The van der Waals surface area contributed by atoms with Crippen LogP contribution in [0.2, 0.25) is 0 Å². The van der Waals surface area contributed by atoms with Crippen LogP contribution in [0.25, 0.3) is 0 Å². The van der Waals surface area contributed by atoms with E-state index in [9.17, 15) is 18.0 Å². The maximum atomic E-state index is 12.6. The van der Waals surface area contributed by atoms with Crippen molar-refractivity contribution in [3.05, 3.63) is 29.3 Å². The Balaban J connectivity index is 1.88. The Labute approximate surface area is 171 Å². The molecule has 1 heterocycles. The molecule has 1 saturated heterocycles. The van der Waals surface area contributed by atoms with Crippen LogP contribution in [0.4, 0.5) is 0 Å². The fourth-order valence-corrected chi connectivity index (χ4v) is 5.71. The van der Waals surface area contributed by atoms with Gasteiger partial charge in [-0.15, -0.1) is 11.8 Å². The van der Waals surface area contributed by atoms with Crippen LogP contribution in [-0.4, -0.2) is 61.1 Å². The molecule has 0 aliphatic carbocycles. The van der Waals surface area contributed by atoms with Crippen molar-refractivity contribution >= 4 is 33.5 Å². The second-order valence-electron chi connectivity index (χ2n) is 7.31. The van der Waals surface area contributed by atoms with Crippen molar-refractivity contribution in [3.8, 4) is 0 Å². The lowest BCUT2D eigenvalue weighted by Crippen LogP contribution is -2.48. The first-order valence-corrected chi connectivity index (χ1v) is 12.3. The lowest BCUT2D eigenvalue weighted by atomic mass is 10.1. The van der Waals surface area contributed by atoms with Crippen molar-refractivity contribution < 1.29 is 22.7 Å². The Hall–Kier alpha value is -1.54. The van der Waals surface area contributed by atoms with E-state index >= 15 is 0 Å². The number of hydrogen-bond acceptors (Lipinski definition) is 6. The van der Waals surface area contributed by atoms with Crippen LogP contribution in [0.15, 0.2) is 23.1 Å². The standard InChI is InChI=1S/C20H29NO5S2/c1-5-16(4)21(17-8-9-28(24,25)13-17)19(22)11-26-20(23)12-27-18-7-6-14(2)15(3)10-18/h6-7,10,16-17H,5,8-9,11-13H2,1-4H3/t16-,17-/m1/s1. The van der Waals surface area contributed by atoms with Gasteiger partial charge in [0.25, 0.3) is 5.91 Å². The lowest BCUT2D eigenvalue weighted by molar-refractivity contribution is -0.152. The van der Waals surface area contributed by atoms with Crippen molar-refractivity contribution in [1.29, 1.82) is 0 Å². The number of esters is 1. The van der Waals surface area contributed by atoms with E-state index in [1.807, 2.05) is 45.9 Å². The summed E-state index contributed by atoms with van der Waals surface area (Å²) in [5.41, 5.74) is 2.35. The van der Waals surface area contributed by atoms with E-state index in [0.29, 0.717) is 12.8 Å². The van der Waals surface area contributed by atoms with Crippen LogP contribution in [0, 0.1) is 13.8 Å². The van der Waals surface area contributed by atoms with Gasteiger partial charge in [0.1, 0.15) is 0 Å². The average Bonchev–Trinajstić information content (AvgIpc) is 3.00. The van der Waals surface area contributed by atoms with E-state index in [0.717, 1.165) is 10.5 Å². The third-order valence-electron chi connectivity index (χ3n) is 5.15. The van der Waals surface area contributed by atoms with E-state index in [1.54, 1.807) is 4.90 Å². The maximum absolute atomic E-state index is 12.6. The molecule has 156 valence electrons. The van der Waals surface area contributed by atoms with Gasteiger partial charge in [0.05, 0.1) is 17.3 Å². The van der Waals surface area contributed by atoms with Gasteiger partial charge < -0.3 is 9.64 Å². The van der Waals surface area contributed by atoms with Gasteiger partial charge in [0.15, 0.2) is 16.4 Å². The Morgan fingerprint density at radius 1 is 1.29 bits per heavy atom. The smallest absolute Gasteiger partial charge is 0.316 e. The minimum atomic E-state index is -3.10. The van der Waals surface area contributed by atoms with Gasteiger partial charge in [0, 0.05) is 17.0 Å². The molecule has 0 spiro atoms. The molecule has 1 aliphatic heterocycles. The summed E-state index contributed by atoms with van der Waals surface area (Å²) in [6.45, 7) is 7.53. The van der Waals surface area contributed by atoms with E-state index in [1.165, 1.54) is 17.3 Å². The van der Waals surface area contributed by atoms with Gasteiger partial charge in [-0.1, -0.05) is 13.0 Å². The second-order valence-corrected chi connectivity index (χ2v) is 10.6. The normalized spacial score (nSPS) is 19.2. The lowest BCUT2D eigenvalue weighted by Gasteiger charge is -2.33. The summed E-state index contributed by atoms with van der Waals surface area (Å²) in [5.74, 6) is -0.582. The second kappa shape index (κ2) is 9.78. The Morgan fingerprint density at radius 3 is 2.57 bits per heavy atom. The first-order valence-electron chi connectivity index (χ1n) is 9.50. The van der Waals surface area contributed by atoms with Gasteiger partial charge in [-0.05, 0) is 56.9 Å².